The van der Waals surface area contributed by atoms with E-state index in [2.05, 4.69) is 15.9 Å². The Bertz CT molecular complexity index is 502. The fourth-order valence-electron chi connectivity index (χ4n) is 1.99. The Balaban J connectivity index is 1.93. The van der Waals surface area contributed by atoms with E-state index in [1.54, 1.807) is 28.2 Å². The maximum atomic E-state index is 12.4. The van der Waals surface area contributed by atoms with Crippen LogP contribution in [-0.4, -0.2) is 46.5 Å². The first kappa shape index (κ1) is 15.3. The highest BCUT2D eigenvalue weighted by atomic mass is 79.9. The highest BCUT2D eigenvalue weighted by Crippen LogP contribution is 2.28. The molecule has 1 N–H and O–H groups in total. The van der Waals surface area contributed by atoms with Gasteiger partial charge in [0.15, 0.2) is 0 Å². The lowest BCUT2D eigenvalue weighted by Crippen LogP contribution is -2.43. The number of halogens is 1. The van der Waals surface area contributed by atoms with Gasteiger partial charge in [-0.15, -0.1) is 11.3 Å². The molecule has 7 heteroatoms. The minimum absolute atomic E-state index is 0.000625. The zero-order valence-corrected chi connectivity index (χ0v) is 13.6. The Morgan fingerprint density at radius 1 is 1.50 bits per heavy atom. The molecule has 1 aliphatic rings. The second-order valence-corrected chi connectivity index (χ2v) is 6.85. The number of carboxylic acid groups (broad SMARTS) is 1. The van der Waals surface area contributed by atoms with Crippen molar-refractivity contribution in [1.29, 1.82) is 0 Å². The smallest absolute Gasteiger partial charge is 0.320 e. The van der Waals surface area contributed by atoms with E-state index in [-0.39, 0.29) is 25.0 Å². The number of hydrogen-bond acceptors (Lipinski definition) is 3. The van der Waals surface area contributed by atoms with Gasteiger partial charge in [-0.05, 0) is 34.8 Å². The van der Waals surface area contributed by atoms with E-state index in [9.17, 15) is 9.59 Å². The maximum Gasteiger partial charge on any atom is 0.320 e. The predicted octanol–water partition coefficient (Wildman–Crippen LogP) is 3.00. The van der Waals surface area contributed by atoms with Crippen molar-refractivity contribution < 1.29 is 14.7 Å². The third kappa shape index (κ3) is 4.21. The van der Waals surface area contributed by atoms with E-state index in [4.69, 9.17) is 5.11 Å². The molecule has 0 spiro atoms. The third-order valence-electron chi connectivity index (χ3n) is 3.14. The minimum Gasteiger partial charge on any atom is -0.481 e. The molecule has 0 atom stereocenters. The topological polar surface area (TPSA) is 60.9 Å². The zero-order chi connectivity index (χ0) is 14.7. The quantitative estimate of drug-likeness (QED) is 0.847. The van der Waals surface area contributed by atoms with Crippen LogP contribution in [0.25, 0.3) is 0 Å². The number of aliphatic carboxylic acids is 1. The number of hydrogen-bond donors (Lipinski definition) is 1. The summed E-state index contributed by atoms with van der Waals surface area (Å²) in [5.41, 5.74) is 0. The van der Waals surface area contributed by atoms with E-state index < -0.39 is 5.97 Å². The van der Waals surface area contributed by atoms with Crippen molar-refractivity contribution in [2.24, 2.45) is 0 Å². The maximum absolute atomic E-state index is 12.4. The second-order valence-electron chi connectivity index (χ2n) is 4.94. The van der Waals surface area contributed by atoms with Crippen LogP contribution in [0.4, 0.5) is 4.79 Å². The van der Waals surface area contributed by atoms with Gasteiger partial charge in [-0.1, -0.05) is 0 Å². The first-order valence-corrected chi connectivity index (χ1v) is 8.11. The van der Waals surface area contributed by atoms with Crippen LogP contribution in [0, 0.1) is 0 Å². The second kappa shape index (κ2) is 6.58. The molecule has 1 aliphatic carbocycles. The monoisotopic (exact) mass is 360 g/mol. The van der Waals surface area contributed by atoms with Crippen molar-refractivity contribution in [1.82, 2.24) is 9.80 Å². The molecule has 1 heterocycles. The highest BCUT2D eigenvalue weighted by molar-refractivity contribution is 9.10. The summed E-state index contributed by atoms with van der Waals surface area (Å²) >= 11 is 4.99. The fraction of sp³-hybridized carbons (Fsp3) is 0.538. The number of carboxylic acids is 1. The number of amides is 2. The molecule has 2 amide bonds. The van der Waals surface area contributed by atoms with Crippen LogP contribution in [-0.2, 0) is 11.3 Å². The zero-order valence-electron chi connectivity index (χ0n) is 11.2. The number of thiophene rings is 1. The molecule has 1 fully saturated rings. The summed E-state index contributed by atoms with van der Waals surface area (Å²) in [7, 11) is 1.76. The van der Waals surface area contributed by atoms with Crippen LogP contribution in [0.15, 0.2) is 15.9 Å². The molecule has 0 aromatic carbocycles. The molecule has 0 bridgehead atoms. The van der Waals surface area contributed by atoms with Crippen LogP contribution in [0.3, 0.4) is 0 Å². The van der Waals surface area contributed by atoms with E-state index in [0.717, 1.165) is 22.2 Å². The lowest BCUT2D eigenvalue weighted by molar-refractivity contribution is -0.137. The first-order chi connectivity index (χ1) is 9.47. The molecule has 0 saturated heterocycles. The van der Waals surface area contributed by atoms with Crippen molar-refractivity contribution in [2.75, 3.05) is 13.6 Å². The molecule has 1 aromatic rings. The van der Waals surface area contributed by atoms with Gasteiger partial charge in [0.2, 0.25) is 0 Å². The molecule has 1 aromatic heterocycles. The van der Waals surface area contributed by atoms with Gasteiger partial charge < -0.3 is 14.9 Å². The highest BCUT2D eigenvalue weighted by Gasteiger charge is 2.34. The Kier molecular flexibility index (Phi) is 5.04. The Morgan fingerprint density at radius 2 is 2.20 bits per heavy atom. The fourth-order valence-corrected chi connectivity index (χ4v) is 3.50. The summed E-state index contributed by atoms with van der Waals surface area (Å²) < 4.78 is 1.02. The van der Waals surface area contributed by atoms with E-state index in [1.807, 2.05) is 11.4 Å². The van der Waals surface area contributed by atoms with Gasteiger partial charge in [-0.2, -0.15) is 0 Å². The Labute approximate surface area is 130 Å². The lowest BCUT2D eigenvalue weighted by atomic mass is 10.3. The van der Waals surface area contributed by atoms with Gasteiger partial charge >= 0.3 is 12.0 Å². The van der Waals surface area contributed by atoms with Crippen LogP contribution >= 0.6 is 27.3 Å². The standard InChI is InChI=1S/C13H17BrN2O3S/c1-15(7-11-6-9(14)8-20-11)13(19)16(10-2-3-10)5-4-12(17)18/h6,8,10H,2-5,7H2,1H3,(H,17,18). The Morgan fingerprint density at radius 3 is 2.70 bits per heavy atom. The molecule has 2 rings (SSSR count). The first-order valence-electron chi connectivity index (χ1n) is 6.44. The summed E-state index contributed by atoms with van der Waals surface area (Å²) in [5, 5.41) is 10.8. The van der Waals surface area contributed by atoms with Crippen molar-refractivity contribution >= 4 is 39.3 Å². The number of rotatable bonds is 6. The molecule has 0 radical (unpaired) electrons. The normalized spacial score (nSPS) is 14.1. The van der Waals surface area contributed by atoms with Gasteiger partial charge in [0, 0.05) is 34.4 Å². The Hall–Kier alpha value is -1.08. The van der Waals surface area contributed by atoms with Gasteiger partial charge in [0.1, 0.15) is 0 Å². The molecule has 5 nitrogen and oxygen atoms in total. The summed E-state index contributed by atoms with van der Waals surface area (Å²) in [6.45, 7) is 0.836. The summed E-state index contributed by atoms with van der Waals surface area (Å²) in [4.78, 5) is 27.5. The van der Waals surface area contributed by atoms with E-state index in [0.29, 0.717) is 6.54 Å². The van der Waals surface area contributed by atoms with E-state index >= 15 is 0 Å². The van der Waals surface area contributed by atoms with Crippen LogP contribution in [0.5, 0.6) is 0 Å². The molecule has 0 unspecified atom stereocenters. The average molecular weight is 361 g/mol. The van der Waals surface area contributed by atoms with Crippen LogP contribution in [0.2, 0.25) is 0 Å². The average Bonchev–Trinajstić information content (AvgIpc) is 3.13. The van der Waals surface area contributed by atoms with Gasteiger partial charge in [-0.3, -0.25) is 4.79 Å². The van der Waals surface area contributed by atoms with Crippen LogP contribution < -0.4 is 0 Å². The van der Waals surface area contributed by atoms with E-state index in [1.165, 1.54) is 0 Å². The number of urea groups is 1. The number of nitrogens with zero attached hydrogens (tertiary/aromatic N) is 2. The van der Waals surface area contributed by atoms with Gasteiger partial charge in [0.05, 0.1) is 13.0 Å². The molecular formula is C13H17BrN2O3S. The predicted molar refractivity (Wildman–Crippen MR) is 80.9 cm³/mol. The summed E-state index contributed by atoms with van der Waals surface area (Å²) in [6, 6.07) is 2.13. The minimum atomic E-state index is -0.867. The SMILES string of the molecule is CN(Cc1cc(Br)cs1)C(=O)N(CCC(=O)O)C1CC1. The lowest BCUT2D eigenvalue weighted by Gasteiger charge is -2.27. The summed E-state index contributed by atoms with van der Waals surface area (Å²) in [6.07, 6.45) is 1.95. The van der Waals surface area contributed by atoms with Crippen molar-refractivity contribution in [3.63, 3.8) is 0 Å². The molecule has 1 saturated carbocycles. The molecular weight excluding hydrogens is 344 g/mol. The van der Waals surface area contributed by atoms with Gasteiger partial charge in [0.25, 0.3) is 0 Å². The summed E-state index contributed by atoms with van der Waals surface area (Å²) in [5.74, 6) is -0.867. The molecule has 0 aliphatic heterocycles. The number of carbonyl (C=O) groups excluding carboxylic acids is 1. The molecule has 110 valence electrons. The number of carbonyl (C=O) groups is 2. The molecule has 20 heavy (non-hydrogen) atoms. The van der Waals surface area contributed by atoms with Crippen molar-refractivity contribution in [3.05, 3.63) is 20.8 Å². The largest absolute Gasteiger partial charge is 0.481 e. The van der Waals surface area contributed by atoms with Crippen LogP contribution in [0.1, 0.15) is 24.1 Å². The van der Waals surface area contributed by atoms with Crippen molar-refractivity contribution in [3.8, 4) is 0 Å². The van der Waals surface area contributed by atoms with Gasteiger partial charge in [-0.25, -0.2) is 4.79 Å². The van der Waals surface area contributed by atoms with Crippen molar-refractivity contribution in [2.45, 2.75) is 31.8 Å². The third-order valence-corrected chi connectivity index (χ3v) is 4.82.